The molecule has 9 rings (SSSR count). The molecule has 2 unspecified atom stereocenters. The topological polar surface area (TPSA) is 82.1 Å². The fourth-order valence-electron chi connectivity index (χ4n) is 8.35. The molecule has 5 aromatic carbocycles. The second kappa shape index (κ2) is 19.5. The highest BCUT2D eigenvalue weighted by atomic mass is 16.5. The van der Waals surface area contributed by atoms with Crippen LogP contribution in [-0.4, -0.2) is 31.1 Å². The second-order valence-corrected chi connectivity index (χ2v) is 16.2. The first-order valence-electron chi connectivity index (χ1n) is 21.7. The third kappa shape index (κ3) is 9.96. The molecule has 0 N–H and O–H groups in total. The largest absolute Gasteiger partial charge is 0.486 e. The molecule has 0 amide bonds. The highest BCUT2D eigenvalue weighted by molar-refractivity contribution is 5.79. The van der Waals surface area contributed by atoms with Gasteiger partial charge in [0.15, 0.2) is 0 Å². The second-order valence-electron chi connectivity index (χ2n) is 16.2. The molecular weight excluding hydrogens is 795 g/mol. The van der Waals surface area contributed by atoms with Crippen LogP contribution in [0.1, 0.15) is 59.0 Å². The van der Waals surface area contributed by atoms with E-state index in [1.807, 2.05) is 72.9 Å². The van der Waals surface area contributed by atoms with Crippen molar-refractivity contribution in [2.45, 2.75) is 49.7 Å². The van der Waals surface area contributed by atoms with Gasteiger partial charge in [0, 0.05) is 58.5 Å². The molecule has 0 spiro atoms. The highest BCUT2D eigenvalue weighted by Crippen LogP contribution is 2.39. The van der Waals surface area contributed by atoms with Gasteiger partial charge in [-0.25, -0.2) is 0 Å². The van der Waals surface area contributed by atoms with Gasteiger partial charge in [-0.1, -0.05) is 91.1 Å². The summed E-state index contributed by atoms with van der Waals surface area (Å²) < 4.78 is 18.7. The fourth-order valence-corrected chi connectivity index (χ4v) is 8.35. The van der Waals surface area contributed by atoms with Crippen molar-refractivity contribution in [1.29, 1.82) is 0 Å². The summed E-state index contributed by atoms with van der Waals surface area (Å²) in [4.78, 5) is 35.7. The molecule has 0 saturated carbocycles. The van der Waals surface area contributed by atoms with Gasteiger partial charge in [0.1, 0.15) is 54.1 Å². The van der Waals surface area contributed by atoms with E-state index in [1.165, 1.54) is 11.1 Å². The van der Waals surface area contributed by atoms with Gasteiger partial charge in [-0.15, -0.1) is 0 Å². The van der Waals surface area contributed by atoms with E-state index in [1.54, 1.807) is 24.3 Å². The smallest absolute Gasteiger partial charge is 0.150 e. The minimum Gasteiger partial charge on any atom is -0.486 e. The number of anilines is 2. The van der Waals surface area contributed by atoms with Gasteiger partial charge in [0.2, 0.25) is 0 Å². The van der Waals surface area contributed by atoms with Crippen molar-refractivity contribution in [3.05, 3.63) is 234 Å². The Morgan fingerprint density at radius 3 is 1.84 bits per heavy atom. The van der Waals surface area contributed by atoms with Crippen LogP contribution in [0.5, 0.6) is 17.2 Å². The molecule has 316 valence electrons. The normalized spacial score (nSPS) is 19.9. The molecule has 7 nitrogen and oxygen atoms in total. The molecule has 4 aliphatic rings. The Bertz CT molecular complexity index is 2770. The summed E-state index contributed by atoms with van der Waals surface area (Å²) in [6.45, 7) is 0. The van der Waals surface area contributed by atoms with Gasteiger partial charge < -0.3 is 19.1 Å². The molecule has 5 aromatic rings. The molecule has 0 heterocycles. The summed E-state index contributed by atoms with van der Waals surface area (Å²) in [6.07, 6.45) is 29.9. The number of rotatable bonds is 15. The predicted molar refractivity (Wildman–Crippen MR) is 253 cm³/mol. The number of nitrogens with zero attached hydrogens (tertiary/aromatic N) is 1. The lowest BCUT2D eigenvalue weighted by atomic mass is 9.90. The molecule has 0 saturated heterocycles. The molecule has 0 radical (unpaired) electrons. The van der Waals surface area contributed by atoms with Crippen LogP contribution in [-0.2, 0) is 14.3 Å². The number of carbonyl (C=O) groups is 3. The van der Waals surface area contributed by atoms with Crippen LogP contribution < -0.4 is 14.4 Å². The van der Waals surface area contributed by atoms with Crippen LogP contribution in [0.25, 0.3) is 11.1 Å². The predicted octanol–water partition coefficient (Wildman–Crippen LogP) is 13.0. The first-order chi connectivity index (χ1) is 31.5. The van der Waals surface area contributed by atoms with Crippen LogP contribution in [0.4, 0.5) is 11.4 Å². The Hall–Kier alpha value is -7.77. The standard InChI is InChI=1S/C57H47NO6/c59-37-40-10-28-52(29-11-40)62-55-7-1-4-46(34-55)43-16-22-49(23-17-43)58(50-24-18-44(19-25-50)47-5-2-8-56(35-47)63-53-30-12-41(38-60)13-31-53)51-26-20-45(21-27-51)48-6-3-9-57(36-48)64-54-32-14-42(39-61)15-33-54/h1-5,7-18,20-30,32,34-39,44,48,53-54H,6,19,31,33H2/t44-,48-,53?,54?/m1/s1. The van der Waals surface area contributed by atoms with E-state index in [0.717, 1.165) is 71.4 Å². The minimum absolute atomic E-state index is 0.102. The average Bonchev–Trinajstić information content (AvgIpc) is 3.36. The number of aldehydes is 3. The van der Waals surface area contributed by atoms with E-state index in [9.17, 15) is 14.4 Å². The molecule has 0 fully saturated rings. The average molecular weight is 842 g/mol. The molecule has 4 atom stereocenters. The van der Waals surface area contributed by atoms with E-state index in [0.29, 0.717) is 41.1 Å². The summed E-state index contributed by atoms with van der Waals surface area (Å²) >= 11 is 0. The van der Waals surface area contributed by atoms with E-state index in [2.05, 4.69) is 102 Å². The number of allylic oxidation sites excluding steroid dienone is 10. The summed E-state index contributed by atoms with van der Waals surface area (Å²) in [6, 6.07) is 40.8. The third-order valence-electron chi connectivity index (χ3n) is 11.8. The first-order valence-corrected chi connectivity index (χ1v) is 21.7. The van der Waals surface area contributed by atoms with E-state index >= 15 is 0 Å². The van der Waals surface area contributed by atoms with Crippen molar-refractivity contribution in [2.75, 3.05) is 4.90 Å². The van der Waals surface area contributed by atoms with Gasteiger partial charge >= 0.3 is 0 Å². The van der Waals surface area contributed by atoms with E-state index < -0.39 is 0 Å². The van der Waals surface area contributed by atoms with Crippen molar-refractivity contribution < 1.29 is 28.6 Å². The summed E-state index contributed by atoms with van der Waals surface area (Å²) in [5.74, 6) is 3.36. The van der Waals surface area contributed by atoms with Crippen LogP contribution in [0.3, 0.4) is 0 Å². The zero-order valence-electron chi connectivity index (χ0n) is 35.2. The fraction of sp³-hybridized carbons (Fsp3) is 0.140. The Kier molecular flexibility index (Phi) is 12.7. The van der Waals surface area contributed by atoms with E-state index in [-0.39, 0.29) is 24.0 Å². The Labute approximate surface area is 374 Å². The lowest BCUT2D eigenvalue weighted by Crippen LogP contribution is -2.17. The quantitative estimate of drug-likeness (QED) is 0.0971. The van der Waals surface area contributed by atoms with Crippen molar-refractivity contribution >= 4 is 30.2 Å². The van der Waals surface area contributed by atoms with Gasteiger partial charge in [-0.05, 0) is 138 Å². The van der Waals surface area contributed by atoms with Gasteiger partial charge in [0.25, 0.3) is 0 Å². The number of hydrogen-bond donors (Lipinski definition) is 0. The SMILES string of the molecule is O=CC1=CCC(OC2=C[C@H](c3ccc(N(C4=CC[C@H](c5cccc(OC6C=CC(C=O)=CC6)c5)C=C4)c4ccc(-c5cccc(Oc6ccc(C=O)cc6)c5)cc4)cc3)CC=C2)C=C1. The van der Waals surface area contributed by atoms with Crippen LogP contribution >= 0.6 is 0 Å². The third-order valence-corrected chi connectivity index (χ3v) is 11.8. The molecule has 0 aliphatic heterocycles. The summed E-state index contributed by atoms with van der Waals surface area (Å²) in [7, 11) is 0. The molecule has 7 heteroatoms. The van der Waals surface area contributed by atoms with Crippen molar-refractivity contribution in [3.63, 3.8) is 0 Å². The zero-order chi connectivity index (χ0) is 43.7. The van der Waals surface area contributed by atoms with Gasteiger partial charge in [-0.3, -0.25) is 14.4 Å². The zero-order valence-corrected chi connectivity index (χ0v) is 35.2. The number of benzene rings is 5. The Balaban J connectivity index is 0.952. The van der Waals surface area contributed by atoms with Crippen LogP contribution in [0, 0.1) is 0 Å². The maximum absolute atomic E-state index is 11.2. The summed E-state index contributed by atoms with van der Waals surface area (Å²) in [5.41, 5.74) is 9.58. The lowest BCUT2D eigenvalue weighted by Gasteiger charge is -2.30. The van der Waals surface area contributed by atoms with Crippen LogP contribution in [0.15, 0.2) is 217 Å². The van der Waals surface area contributed by atoms with Gasteiger partial charge in [0.05, 0.1) is 0 Å². The van der Waals surface area contributed by atoms with Gasteiger partial charge in [-0.2, -0.15) is 0 Å². The summed E-state index contributed by atoms with van der Waals surface area (Å²) in [5, 5.41) is 0. The monoisotopic (exact) mass is 841 g/mol. The molecule has 0 aromatic heterocycles. The maximum atomic E-state index is 11.2. The molecule has 4 aliphatic carbocycles. The minimum atomic E-state index is -0.111. The molecular formula is C57H47NO6. The first kappa shape index (κ1) is 41.6. The lowest BCUT2D eigenvalue weighted by molar-refractivity contribution is -0.105. The van der Waals surface area contributed by atoms with Crippen molar-refractivity contribution in [2.24, 2.45) is 0 Å². The van der Waals surface area contributed by atoms with E-state index in [4.69, 9.17) is 14.2 Å². The van der Waals surface area contributed by atoms with Crippen molar-refractivity contribution in [1.82, 2.24) is 0 Å². The number of hydrogen-bond acceptors (Lipinski definition) is 7. The van der Waals surface area contributed by atoms with Crippen LogP contribution in [0.2, 0.25) is 0 Å². The Morgan fingerprint density at radius 2 is 1.19 bits per heavy atom. The highest BCUT2D eigenvalue weighted by Gasteiger charge is 2.21. The molecule has 64 heavy (non-hydrogen) atoms. The number of ether oxygens (including phenoxy) is 3. The number of carbonyl (C=O) groups excluding carboxylic acids is 3. The molecule has 0 bridgehead atoms. The van der Waals surface area contributed by atoms with Crippen molar-refractivity contribution in [3.8, 4) is 28.4 Å². The maximum Gasteiger partial charge on any atom is 0.150 e. The Morgan fingerprint density at radius 1 is 0.500 bits per heavy atom.